The molecule has 0 amide bonds. The summed E-state index contributed by atoms with van der Waals surface area (Å²) in [6, 6.07) is 0. The number of anilines is 1. The van der Waals surface area contributed by atoms with Gasteiger partial charge in [-0.05, 0) is 12.8 Å². The summed E-state index contributed by atoms with van der Waals surface area (Å²) >= 11 is 0. The van der Waals surface area contributed by atoms with Gasteiger partial charge < -0.3 is 10.8 Å². The molecular weight excluding hydrogens is 182 g/mol. The van der Waals surface area contributed by atoms with Crippen molar-refractivity contribution in [2.24, 2.45) is 0 Å². The normalized spacial score (nSPS) is 13.7. The molecule has 1 aliphatic rings. The third-order valence-corrected chi connectivity index (χ3v) is 2.02. The smallest absolute Gasteiger partial charge is 0.358 e. The lowest BCUT2D eigenvalue weighted by Crippen LogP contribution is -2.36. The highest BCUT2D eigenvalue weighted by Gasteiger charge is 2.11. The molecule has 1 aromatic heterocycles. The minimum Gasteiger partial charge on any atom is -0.476 e. The van der Waals surface area contributed by atoms with Crippen LogP contribution in [-0.4, -0.2) is 21.0 Å². The number of carboxylic acids is 1. The SMILES string of the molecule is Nc1nc2c(nc1C(=O)O)=CCCC=2. The van der Waals surface area contributed by atoms with Crippen LogP contribution in [-0.2, 0) is 0 Å². The lowest BCUT2D eigenvalue weighted by molar-refractivity contribution is 0.0691. The van der Waals surface area contributed by atoms with Crippen molar-refractivity contribution >= 4 is 23.9 Å². The number of aromatic nitrogens is 2. The van der Waals surface area contributed by atoms with Gasteiger partial charge in [-0.25, -0.2) is 14.8 Å². The zero-order valence-corrected chi connectivity index (χ0v) is 7.40. The molecule has 1 heterocycles. The molecule has 0 spiro atoms. The van der Waals surface area contributed by atoms with Gasteiger partial charge in [0.05, 0.1) is 10.7 Å². The molecular formula is C9H9N3O2. The maximum absolute atomic E-state index is 10.7. The first kappa shape index (κ1) is 8.68. The van der Waals surface area contributed by atoms with Crippen LogP contribution in [0, 0.1) is 0 Å². The molecule has 14 heavy (non-hydrogen) atoms. The van der Waals surface area contributed by atoms with Crippen LogP contribution in [0.3, 0.4) is 0 Å². The molecule has 0 saturated carbocycles. The van der Waals surface area contributed by atoms with Crippen LogP contribution in [0.1, 0.15) is 23.3 Å². The van der Waals surface area contributed by atoms with Crippen LogP contribution < -0.4 is 16.4 Å². The molecule has 3 N–H and O–H groups in total. The molecule has 0 aromatic carbocycles. The maximum atomic E-state index is 10.7. The summed E-state index contributed by atoms with van der Waals surface area (Å²) in [6.45, 7) is 0. The zero-order valence-electron chi connectivity index (χ0n) is 7.40. The second-order valence-electron chi connectivity index (χ2n) is 3.02. The van der Waals surface area contributed by atoms with Crippen LogP contribution in [0.25, 0.3) is 12.2 Å². The van der Waals surface area contributed by atoms with Gasteiger partial charge in [0, 0.05) is 0 Å². The Morgan fingerprint density at radius 3 is 2.43 bits per heavy atom. The van der Waals surface area contributed by atoms with Crippen molar-refractivity contribution in [3.63, 3.8) is 0 Å². The summed E-state index contributed by atoms with van der Waals surface area (Å²) < 4.78 is 0. The van der Waals surface area contributed by atoms with Gasteiger partial charge in [-0.15, -0.1) is 0 Å². The van der Waals surface area contributed by atoms with E-state index >= 15 is 0 Å². The summed E-state index contributed by atoms with van der Waals surface area (Å²) in [5.41, 5.74) is 5.29. The fraction of sp³-hybridized carbons (Fsp3) is 0.222. The lowest BCUT2D eigenvalue weighted by atomic mass is 10.2. The highest BCUT2D eigenvalue weighted by Crippen LogP contribution is 2.00. The number of carbonyl (C=O) groups is 1. The van der Waals surface area contributed by atoms with Gasteiger partial charge in [-0.2, -0.15) is 0 Å². The number of nitrogens with two attached hydrogens (primary N) is 1. The van der Waals surface area contributed by atoms with Crippen LogP contribution in [0.15, 0.2) is 0 Å². The average molecular weight is 191 g/mol. The van der Waals surface area contributed by atoms with E-state index in [1.165, 1.54) is 0 Å². The summed E-state index contributed by atoms with van der Waals surface area (Å²) in [5, 5.41) is 10.1. The van der Waals surface area contributed by atoms with Gasteiger partial charge >= 0.3 is 5.97 Å². The first-order valence-corrected chi connectivity index (χ1v) is 4.25. The monoisotopic (exact) mass is 191 g/mol. The fourth-order valence-corrected chi connectivity index (χ4v) is 1.37. The van der Waals surface area contributed by atoms with E-state index in [0.717, 1.165) is 12.8 Å². The summed E-state index contributed by atoms with van der Waals surface area (Å²) in [6.07, 6.45) is 5.54. The highest BCUT2D eigenvalue weighted by atomic mass is 16.4. The predicted octanol–water partition coefficient (Wildman–Crippen LogP) is -0.888. The van der Waals surface area contributed by atoms with Crippen molar-refractivity contribution < 1.29 is 9.90 Å². The Bertz CT molecular complexity index is 508. The molecule has 1 aliphatic carbocycles. The Hall–Kier alpha value is -1.91. The predicted molar refractivity (Wildman–Crippen MR) is 50.8 cm³/mol. The van der Waals surface area contributed by atoms with Crippen molar-refractivity contribution in [1.82, 2.24) is 9.97 Å². The Balaban J connectivity index is 2.76. The van der Waals surface area contributed by atoms with E-state index < -0.39 is 5.97 Å². The first-order valence-electron chi connectivity index (χ1n) is 4.25. The topological polar surface area (TPSA) is 89.1 Å². The molecule has 5 heteroatoms. The average Bonchev–Trinajstić information content (AvgIpc) is 2.16. The molecule has 0 radical (unpaired) electrons. The van der Waals surface area contributed by atoms with Gasteiger partial charge in [0.25, 0.3) is 0 Å². The molecule has 0 fully saturated rings. The Labute approximate surface area is 79.6 Å². The standard InChI is InChI=1S/C9H9N3O2/c10-8-7(9(13)14)11-5-3-1-2-4-6(5)12-8/h3-4H,1-2H2,(H2,10,12)(H,13,14). The largest absolute Gasteiger partial charge is 0.476 e. The van der Waals surface area contributed by atoms with E-state index in [2.05, 4.69) is 9.97 Å². The Morgan fingerprint density at radius 1 is 1.29 bits per heavy atom. The second-order valence-corrected chi connectivity index (χ2v) is 3.02. The van der Waals surface area contributed by atoms with Gasteiger partial charge in [0.1, 0.15) is 0 Å². The highest BCUT2D eigenvalue weighted by molar-refractivity contribution is 5.90. The zero-order chi connectivity index (χ0) is 10.1. The minimum absolute atomic E-state index is 0.0252. The number of hydrogen-bond donors (Lipinski definition) is 2. The minimum atomic E-state index is -1.14. The summed E-state index contributed by atoms with van der Waals surface area (Å²) in [5.74, 6) is -1.17. The molecule has 0 aliphatic heterocycles. The van der Waals surface area contributed by atoms with E-state index in [1.807, 2.05) is 12.2 Å². The van der Waals surface area contributed by atoms with E-state index in [1.54, 1.807) is 0 Å². The number of fused-ring (bicyclic) bond motifs is 1. The number of carboxylic acid groups (broad SMARTS) is 1. The van der Waals surface area contributed by atoms with Crippen molar-refractivity contribution in [2.75, 3.05) is 5.73 Å². The van der Waals surface area contributed by atoms with E-state index in [9.17, 15) is 4.79 Å². The van der Waals surface area contributed by atoms with Crippen molar-refractivity contribution in [1.29, 1.82) is 0 Å². The van der Waals surface area contributed by atoms with Crippen LogP contribution in [0.2, 0.25) is 0 Å². The van der Waals surface area contributed by atoms with Gasteiger partial charge in [-0.3, -0.25) is 0 Å². The molecule has 1 aromatic rings. The Kier molecular flexibility index (Phi) is 1.92. The molecule has 2 rings (SSSR count). The molecule has 5 nitrogen and oxygen atoms in total. The quantitative estimate of drug-likeness (QED) is 0.601. The van der Waals surface area contributed by atoms with E-state index in [0.29, 0.717) is 10.7 Å². The van der Waals surface area contributed by atoms with Crippen LogP contribution in [0.5, 0.6) is 0 Å². The maximum Gasteiger partial charge on any atom is 0.358 e. The molecule has 0 atom stereocenters. The first-order chi connectivity index (χ1) is 6.68. The third kappa shape index (κ3) is 1.32. The van der Waals surface area contributed by atoms with Gasteiger partial charge in [0.2, 0.25) is 0 Å². The lowest BCUT2D eigenvalue weighted by Gasteiger charge is -2.02. The molecule has 0 bridgehead atoms. The van der Waals surface area contributed by atoms with E-state index in [4.69, 9.17) is 10.8 Å². The summed E-state index contributed by atoms with van der Waals surface area (Å²) in [4.78, 5) is 18.6. The van der Waals surface area contributed by atoms with Gasteiger partial charge in [0.15, 0.2) is 11.5 Å². The van der Waals surface area contributed by atoms with E-state index in [-0.39, 0.29) is 11.5 Å². The van der Waals surface area contributed by atoms with Crippen molar-refractivity contribution in [3.05, 3.63) is 16.4 Å². The number of hydrogen-bond acceptors (Lipinski definition) is 4. The van der Waals surface area contributed by atoms with Crippen LogP contribution in [0.4, 0.5) is 5.82 Å². The van der Waals surface area contributed by atoms with Crippen molar-refractivity contribution in [3.8, 4) is 0 Å². The third-order valence-electron chi connectivity index (χ3n) is 2.02. The Morgan fingerprint density at radius 2 is 1.86 bits per heavy atom. The summed E-state index contributed by atoms with van der Waals surface area (Å²) in [7, 11) is 0. The van der Waals surface area contributed by atoms with Crippen LogP contribution >= 0.6 is 0 Å². The number of rotatable bonds is 1. The second kappa shape index (κ2) is 3.10. The number of aromatic carboxylic acids is 1. The fourth-order valence-electron chi connectivity index (χ4n) is 1.37. The number of nitrogens with zero attached hydrogens (tertiary/aromatic N) is 2. The molecule has 0 saturated heterocycles. The van der Waals surface area contributed by atoms with Crippen molar-refractivity contribution in [2.45, 2.75) is 12.8 Å². The molecule has 72 valence electrons. The van der Waals surface area contributed by atoms with Gasteiger partial charge in [-0.1, -0.05) is 12.2 Å². The molecule has 0 unspecified atom stereocenters. The number of nitrogen functional groups attached to an aromatic ring is 1.